The Bertz CT molecular complexity index is 628. The van der Waals surface area contributed by atoms with E-state index in [-0.39, 0.29) is 11.2 Å². The van der Waals surface area contributed by atoms with E-state index >= 15 is 0 Å². The third-order valence-electron chi connectivity index (χ3n) is 6.67. The van der Waals surface area contributed by atoms with Gasteiger partial charge in [-0.1, -0.05) is 26.0 Å². The number of halogens is 1. The van der Waals surface area contributed by atoms with Crippen LogP contribution in [0.25, 0.3) is 0 Å². The summed E-state index contributed by atoms with van der Waals surface area (Å²) < 4.78 is 18.8. The first-order valence-corrected chi connectivity index (χ1v) is 10.4. The largest absolute Gasteiger partial charge is 0.385 e. The highest BCUT2D eigenvalue weighted by molar-refractivity contribution is 5.25. The summed E-state index contributed by atoms with van der Waals surface area (Å²) in [5.74, 6) is -0.243. The van der Waals surface area contributed by atoms with Crippen molar-refractivity contribution in [1.82, 2.24) is 9.80 Å². The molecule has 2 atom stereocenters. The van der Waals surface area contributed by atoms with Crippen LogP contribution in [0, 0.1) is 11.2 Å². The molecule has 1 aromatic carbocycles. The second-order valence-electron chi connectivity index (χ2n) is 9.56. The number of rotatable bonds is 5. The van der Waals surface area contributed by atoms with E-state index in [2.05, 4.69) is 23.6 Å². The quantitative estimate of drug-likeness (QED) is 0.857. The average molecular weight is 377 g/mol. The molecule has 27 heavy (non-hydrogen) atoms. The van der Waals surface area contributed by atoms with Crippen molar-refractivity contribution in [3.05, 3.63) is 35.6 Å². The van der Waals surface area contributed by atoms with Crippen LogP contribution in [-0.4, -0.2) is 66.4 Å². The zero-order valence-corrected chi connectivity index (χ0v) is 16.7. The maximum atomic E-state index is 13.3. The minimum absolute atomic E-state index is 0.212. The molecule has 3 aliphatic heterocycles. The summed E-state index contributed by atoms with van der Waals surface area (Å²) in [6.07, 6.45) is 3.81. The van der Waals surface area contributed by atoms with Crippen LogP contribution in [0.15, 0.2) is 24.3 Å². The number of nitrogens with zero attached hydrogens (tertiary/aromatic N) is 2. The van der Waals surface area contributed by atoms with Gasteiger partial charge in [-0.15, -0.1) is 0 Å². The third-order valence-corrected chi connectivity index (χ3v) is 6.67. The van der Waals surface area contributed by atoms with E-state index in [9.17, 15) is 9.50 Å². The lowest BCUT2D eigenvalue weighted by Crippen LogP contribution is -2.54. The van der Waals surface area contributed by atoms with Crippen molar-refractivity contribution in [2.45, 2.75) is 57.2 Å². The van der Waals surface area contributed by atoms with Crippen molar-refractivity contribution in [3.63, 3.8) is 0 Å². The van der Waals surface area contributed by atoms with Gasteiger partial charge in [-0.05, 0) is 48.8 Å². The molecule has 4 rings (SSSR count). The van der Waals surface area contributed by atoms with Crippen LogP contribution in [0.4, 0.5) is 4.39 Å². The van der Waals surface area contributed by atoms with Gasteiger partial charge >= 0.3 is 0 Å². The topological polar surface area (TPSA) is 35.9 Å². The fourth-order valence-electron chi connectivity index (χ4n) is 5.48. The van der Waals surface area contributed by atoms with E-state index in [1.807, 2.05) is 0 Å². The summed E-state index contributed by atoms with van der Waals surface area (Å²) in [6, 6.07) is 7.28. The van der Waals surface area contributed by atoms with Gasteiger partial charge in [-0.3, -0.25) is 9.80 Å². The number of fused-ring (bicyclic) bond motifs is 2. The Morgan fingerprint density at radius 1 is 1.07 bits per heavy atom. The van der Waals surface area contributed by atoms with Crippen LogP contribution in [0.3, 0.4) is 0 Å². The summed E-state index contributed by atoms with van der Waals surface area (Å²) in [7, 11) is 0. The monoisotopic (exact) mass is 376 g/mol. The molecule has 0 radical (unpaired) electrons. The first-order chi connectivity index (χ1) is 12.8. The standard InChI is InChI=1S/C22H33FN2O2/c1-21(2,15-24-9-11-27-12-10-24)16-25-19-7-8-20(25)14-22(26,13-19)17-3-5-18(23)6-4-17/h3-6,19-20,26H,7-16H2,1-2H3. The molecule has 1 N–H and O–H groups in total. The van der Waals surface area contributed by atoms with Gasteiger partial charge in [0.25, 0.3) is 0 Å². The predicted molar refractivity (Wildman–Crippen MR) is 104 cm³/mol. The van der Waals surface area contributed by atoms with Gasteiger partial charge in [0.2, 0.25) is 0 Å². The van der Waals surface area contributed by atoms with Crippen LogP contribution >= 0.6 is 0 Å². The molecule has 3 saturated heterocycles. The first-order valence-electron chi connectivity index (χ1n) is 10.4. The molecule has 4 nitrogen and oxygen atoms in total. The molecule has 150 valence electrons. The summed E-state index contributed by atoms with van der Waals surface area (Å²) in [4.78, 5) is 5.17. The Morgan fingerprint density at radius 3 is 2.26 bits per heavy atom. The molecule has 0 saturated carbocycles. The summed E-state index contributed by atoms with van der Waals surface area (Å²) >= 11 is 0. The number of piperidine rings is 1. The molecule has 2 unspecified atom stereocenters. The van der Waals surface area contributed by atoms with E-state index in [0.717, 1.165) is 70.6 Å². The molecule has 3 fully saturated rings. The fraction of sp³-hybridized carbons (Fsp3) is 0.727. The highest BCUT2D eigenvalue weighted by Crippen LogP contribution is 2.46. The van der Waals surface area contributed by atoms with Crippen LogP contribution in [0.1, 0.15) is 45.1 Å². The lowest BCUT2D eigenvalue weighted by atomic mass is 9.79. The Hall–Kier alpha value is -1.01. The zero-order valence-electron chi connectivity index (χ0n) is 16.7. The van der Waals surface area contributed by atoms with E-state index < -0.39 is 5.60 Å². The smallest absolute Gasteiger partial charge is 0.123 e. The molecule has 0 amide bonds. The second kappa shape index (κ2) is 7.43. The molecule has 0 aliphatic carbocycles. The second-order valence-corrected chi connectivity index (χ2v) is 9.56. The number of morpholine rings is 1. The predicted octanol–water partition coefficient (Wildman–Crippen LogP) is 3.00. The van der Waals surface area contributed by atoms with Crippen molar-refractivity contribution in [3.8, 4) is 0 Å². The van der Waals surface area contributed by atoms with Crippen LogP contribution < -0.4 is 0 Å². The molecule has 0 aromatic heterocycles. The van der Waals surface area contributed by atoms with Gasteiger partial charge in [0.05, 0.1) is 18.8 Å². The third kappa shape index (κ3) is 4.21. The Balaban J connectivity index is 1.42. The SMILES string of the molecule is CC(C)(CN1CCOCC1)CN1C2CCC1CC(O)(c1ccc(F)cc1)C2. The van der Waals surface area contributed by atoms with E-state index in [1.54, 1.807) is 12.1 Å². The van der Waals surface area contributed by atoms with Crippen molar-refractivity contribution in [2.75, 3.05) is 39.4 Å². The van der Waals surface area contributed by atoms with Gasteiger partial charge < -0.3 is 9.84 Å². The number of hydrogen-bond donors (Lipinski definition) is 1. The van der Waals surface area contributed by atoms with Gasteiger partial charge in [-0.25, -0.2) is 4.39 Å². The summed E-state index contributed by atoms with van der Waals surface area (Å²) in [6.45, 7) is 10.6. The molecule has 2 bridgehead atoms. The number of aliphatic hydroxyl groups is 1. The maximum absolute atomic E-state index is 13.3. The van der Waals surface area contributed by atoms with Crippen molar-refractivity contribution in [2.24, 2.45) is 5.41 Å². The molecule has 3 heterocycles. The minimum Gasteiger partial charge on any atom is -0.385 e. The van der Waals surface area contributed by atoms with E-state index in [4.69, 9.17) is 4.74 Å². The van der Waals surface area contributed by atoms with Crippen molar-refractivity contribution in [1.29, 1.82) is 0 Å². The zero-order chi connectivity index (χ0) is 19.1. The first kappa shape index (κ1) is 19.3. The lowest BCUT2D eigenvalue weighted by molar-refractivity contribution is -0.0689. The molecular weight excluding hydrogens is 343 g/mol. The summed E-state index contributed by atoms with van der Waals surface area (Å²) in [5, 5.41) is 11.3. The lowest BCUT2D eigenvalue weighted by Gasteiger charge is -2.47. The molecule has 3 aliphatic rings. The van der Waals surface area contributed by atoms with Crippen molar-refractivity contribution < 1.29 is 14.2 Å². The fourth-order valence-corrected chi connectivity index (χ4v) is 5.48. The van der Waals surface area contributed by atoms with Gasteiger partial charge in [0.15, 0.2) is 0 Å². The summed E-state index contributed by atoms with van der Waals surface area (Å²) in [5.41, 5.74) is 0.265. The number of ether oxygens (including phenoxy) is 1. The number of hydrogen-bond acceptors (Lipinski definition) is 4. The minimum atomic E-state index is -0.815. The normalized spacial score (nSPS) is 32.7. The van der Waals surface area contributed by atoms with E-state index in [0.29, 0.717) is 12.1 Å². The Morgan fingerprint density at radius 2 is 1.67 bits per heavy atom. The van der Waals surface area contributed by atoms with E-state index in [1.165, 1.54) is 12.1 Å². The Kier molecular flexibility index (Phi) is 5.32. The maximum Gasteiger partial charge on any atom is 0.123 e. The van der Waals surface area contributed by atoms with Gasteiger partial charge in [0, 0.05) is 38.3 Å². The molecule has 1 aromatic rings. The van der Waals surface area contributed by atoms with Crippen LogP contribution in [0.2, 0.25) is 0 Å². The highest BCUT2D eigenvalue weighted by Gasteiger charge is 2.49. The van der Waals surface area contributed by atoms with Gasteiger partial charge in [-0.2, -0.15) is 0 Å². The average Bonchev–Trinajstić information content (AvgIpc) is 2.86. The Labute approximate surface area is 162 Å². The molecule has 5 heteroatoms. The van der Waals surface area contributed by atoms with Gasteiger partial charge in [0.1, 0.15) is 5.82 Å². The van der Waals surface area contributed by atoms with Crippen LogP contribution in [0.5, 0.6) is 0 Å². The highest BCUT2D eigenvalue weighted by atomic mass is 19.1. The molecule has 0 spiro atoms. The molecular formula is C22H33FN2O2. The van der Waals surface area contributed by atoms with Crippen LogP contribution in [-0.2, 0) is 10.3 Å². The number of benzene rings is 1. The van der Waals surface area contributed by atoms with Crippen molar-refractivity contribution >= 4 is 0 Å².